The van der Waals surface area contributed by atoms with Crippen molar-refractivity contribution < 1.29 is 0 Å². The maximum Gasteiger partial charge on any atom is 0.0646 e. The molecule has 0 saturated carbocycles. The molecular weight excluding hydrogens is 617 g/mol. The molecule has 4 aliphatic rings. The van der Waals surface area contributed by atoms with Crippen LogP contribution in [0.4, 0.5) is 11.4 Å². The minimum absolute atomic E-state index is 0.0373. The second kappa shape index (κ2) is 10.6. The quantitative estimate of drug-likeness (QED) is 0.183. The number of aromatic nitrogens is 1. The molecule has 0 amide bonds. The van der Waals surface area contributed by atoms with E-state index in [1.807, 2.05) is 0 Å². The third-order valence-corrected chi connectivity index (χ3v) is 12.6. The Labute approximate surface area is 301 Å². The van der Waals surface area contributed by atoms with Gasteiger partial charge in [0.15, 0.2) is 0 Å². The van der Waals surface area contributed by atoms with Crippen LogP contribution in [-0.2, 0) is 10.8 Å². The molecule has 5 aromatic carbocycles. The average Bonchev–Trinajstić information content (AvgIpc) is 3.68. The van der Waals surface area contributed by atoms with E-state index in [0.29, 0.717) is 0 Å². The Balaban J connectivity index is 1.20. The Morgan fingerprint density at radius 2 is 1.35 bits per heavy atom. The van der Waals surface area contributed by atoms with E-state index in [0.717, 1.165) is 19.3 Å². The average molecular weight is 661 g/mol. The summed E-state index contributed by atoms with van der Waals surface area (Å²) in [6, 6.07) is 43.2. The lowest BCUT2D eigenvalue weighted by Gasteiger charge is -2.44. The van der Waals surface area contributed by atoms with Crippen molar-refractivity contribution in [1.29, 1.82) is 0 Å². The SMILES string of the molecule is CC1(C)C2=CC(C)(N(c3ccc4c(c3)C(C)(C)C3=C4CCC=C3)c3ccc4c(c3)c3ccccc3n4-c3ccccc3)CC=C2c2ccccc21. The van der Waals surface area contributed by atoms with E-state index in [9.17, 15) is 0 Å². The molecule has 6 aromatic rings. The van der Waals surface area contributed by atoms with E-state index in [1.165, 1.54) is 83.4 Å². The third kappa shape index (κ3) is 4.23. The Morgan fingerprint density at radius 1 is 0.627 bits per heavy atom. The van der Waals surface area contributed by atoms with Gasteiger partial charge in [0.2, 0.25) is 0 Å². The van der Waals surface area contributed by atoms with Crippen LogP contribution < -0.4 is 4.90 Å². The molecule has 0 fully saturated rings. The summed E-state index contributed by atoms with van der Waals surface area (Å²) >= 11 is 0. The van der Waals surface area contributed by atoms with Crippen LogP contribution >= 0.6 is 0 Å². The number of allylic oxidation sites excluding steroid dienone is 6. The lowest BCUT2D eigenvalue weighted by molar-refractivity contribution is 0.549. The number of rotatable bonds is 4. The largest absolute Gasteiger partial charge is 0.332 e. The monoisotopic (exact) mass is 660 g/mol. The lowest BCUT2D eigenvalue weighted by atomic mass is 9.75. The van der Waals surface area contributed by atoms with E-state index in [-0.39, 0.29) is 16.4 Å². The zero-order valence-electron chi connectivity index (χ0n) is 30.3. The summed E-state index contributed by atoms with van der Waals surface area (Å²) in [5, 5.41) is 2.55. The summed E-state index contributed by atoms with van der Waals surface area (Å²) < 4.78 is 2.41. The molecule has 0 N–H and O–H groups in total. The number of hydrogen-bond acceptors (Lipinski definition) is 1. The minimum atomic E-state index is -0.298. The fourth-order valence-corrected chi connectivity index (χ4v) is 10.0. The molecule has 2 heteroatoms. The van der Waals surface area contributed by atoms with Crippen LogP contribution in [0.15, 0.2) is 151 Å². The number of fused-ring (bicyclic) bond motifs is 8. The van der Waals surface area contributed by atoms with Crippen molar-refractivity contribution in [2.24, 2.45) is 0 Å². The van der Waals surface area contributed by atoms with Gasteiger partial charge in [-0.15, -0.1) is 0 Å². The third-order valence-electron chi connectivity index (χ3n) is 12.6. The van der Waals surface area contributed by atoms with Crippen LogP contribution in [0.1, 0.15) is 76.1 Å². The van der Waals surface area contributed by atoms with E-state index in [4.69, 9.17) is 0 Å². The van der Waals surface area contributed by atoms with Crippen LogP contribution in [0.5, 0.6) is 0 Å². The van der Waals surface area contributed by atoms with Crippen molar-refractivity contribution in [2.75, 3.05) is 4.90 Å². The van der Waals surface area contributed by atoms with Gasteiger partial charge in [0.05, 0.1) is 16.6 Å². The molecular formula is C49H44N2. The summed E-state index contributed by atoms with van der Waals surface area (Å²) in [5.41, 5.74) is 17.3. The molecule has 0 bridgehead atoms. The van der Waals surface area contributed by atoms with Crippen molar-refractivity contribution in [3.63, 3.8) is 0 Å². The summed E-state index contributed by atoms with van der Waals surface area (Å²) in [5.74, 6) is 0. The smallest absolute Gasteiger partial charge is 0.0646 e. The van der Waals surface area contributed by atoms with Gasteiger partial charge in [0.25, 0.3) is 0 Å². The molecule has 1 heterocycles. The first kappa shape index (κ1) is 30.5. The van der Waals surface area contributed by atoms with Gasteiger partial charge in [-0.2, -0.15) is 0 Å². The highest BCUT2D eigenvalue weighted by Gasteiger charge is 2.45. The van der Waals surface area contributed by atoms with E-state index < -0.39 is 0 Å². The van der Waals surface area contributed by atoms with Gasteiger partial charge in [0.1, 0.15) is 0 Å². The van der Waals surface area contributed by atoms with Crippen LogP contribution in [-0.4, -0.2) is 10.1 Å². The lowest BCUT2D eigenvalue weighted by Crippen LogP contribution is -2.43. The van der Waals surface area contributed by atoms with Crippen molar-refractivity contribution in [2.45, 2.75) is 70.3 Å². The van der Waals surface area contributed by atoms with Gasteiger partial charge < -0.3 is 9.47 Å². The second-order valence-electron chi connectivity index (χ2n) is 16.3. The van der Waals surface area contributed by atoms with E-state index >= 15 is 0 Å². The highest BCUT2D eigenvalue weighted by molar-refractivity contribution is 6.10. The van der Waals surface area contributed by atoms with Crippen molar-refractivity contribution >= 4 is 44.3 Å². The van der Waals surface area contributed by atoms with Gasteiger partial charge in [0, 0.05) is 38.7 Å². The Morgan fingerprint density at radius 3 is 2.22 bits per heavy atom. The first-order valence-corrected chi connectivity index (χ1v) is 18.6. The Bertz CT molecular complexity index is 2570. The molecule has 0 spiro atoms. The molecule has 1 aromatic heterocycles. The van der Waals surface area contributed by atoms with Crippen molar-refractivity contribution in [3.05, 3.63) is 173 Å². The summed E-state index contributed by atoms with van der Waals surface area (Å²) in [6.45, 7) is 12.1. The van der Waals surface area contributed by atoms with Gasteiger partial charge >= 0.3 is 0 Å². The topological polar surface area (TPSA) is 8.17 Å². The molecule has 4 aliphatic carbocycles. The number of benzene rings is 5. The molecule has 51 heavy (non-hydrogen) atoms. The number of nitrogens with zero attached hydrogens (tertiary/aromatic N) is 2. The summed E-state index contributed by atoms with van der Waals surface area (Å²) in [6.07, 6.45) is 13.1. The Hall–Kier alpha value is -5.34. The molecule has 10 rings (SSSR count). The van der Waals surface area contributed by atoms with Crippen LogP contribution in [0.25, 0.3) is 38.6 Å². The van der Waals surface area contributed by atoms with Gasteiger partial charge in [-0.25, -0.2) is 0 Å². The van der Waals surface area contributed by atoms with Gasteiger partial charge in [-0.1, -0.05) is 119 Å². The molecule has 250 valence electrons. The van der Waals surface area contributed by atoms with Crippen molar-refractivity contribution in [1.82, 2.24) is 4.57 Å². The molecule has 1 unspecified atom stereocenters. The fourth-order valence-electron chi connectivity index (χ4n) is 10.0. The molecule has 0 radical (unpaired) electrons. The first-order chi connectivity index (χ1) is 24.7. The standard InChI is InChI=1S/C49H44N2/c1-47(2)41-20-12-9-17-35(41)37-25-23-34(30-43(37)47)51(49(5)28-27-38-36-18-10-13-21-42(36)48(3,4)44(38)31-49)33-24-26-46-40(29-33)39-19-11-14-22-45(39)50(46)32-15-7-6-8-16-32/h6-8,10-16,18-27,29-31H,9,17,28H2,1-5H3. The van der Waals surface area contributed by atoms with E-state index in [1.54, 1.807) is 0 Å². The fraction of sp³-hybridized carbons (Fsp3) is 0.224. The van der Waals surface area contributed by atoms with E-state index in [2.05, 4.69) is 184 Å². The maximum absolute atomic E-state index is 2.66. The predicted octanol–water partition coefficient (Wildman–Crippen LogP) is 12.8. The number of hydrogen-bond donors (Lipinski definition) is 0. The van der Waals surface area contributed by atoms with Crippen molar-refractivity contribution in [3.8, 4) is 5.69 Å². The number of para-hydroxylation sites is 2. The second-order valence-corrected chi connectivity index (χ2v) is 16.3. The molecule has 0 saturated heterocycles. The zero-order valence-corrected chi connectivity index (χ0v) is 30.3. The van der Waals surface area contributed by atoms with Crippen LogP contribution in [0.2, 0.25) is 0 Å². The highest BCUT2D eigenvalue weighted by Crippen LogP contribution is 2.56. The first-order valence-electron chi connectivity index (χ1n) is 18.6. The molecule has 1 atom stereocenters. The highest BCUT2D eigenvalue weighted by atomic mass is 15.2. The normalized spacial score (nSPS) is 20.9. The predicted molar refractivity (Wildman–Crippen MR) is 216 cm³/mol. The maximum atomic E-state index is 2.66. The zero-order chi connectivity index (χ0) is 34.7. The molecule has 0 aliphatic heterocycles. The summed E-state index contributed by atoms with van der Waals surface area (Å²) in [4.78, 5) is 2.66. The van der Waals surface area contributed by atoms with Gasteiger partial charge in [-0.3, -0.25) is 0 Å². The Kier molecular flexibility index (Phi) is 6.33. The molecule has 2 nitrogen and oxygen atoms in total. The minimum Gasteiger partial charge on any atom is -0.332 e. The van der Waals surface area contributed by atoms with Gasteiger partial charge in [-0.05, 0) is 119 Å². The summed E-state index contributed by atoms with van der Waals surface area (Å²) in [7, 11) is 0. The number of anilines is 2. The van der Waals surface area contributed by atoms with Crippen LogP contribution in [0.3, 0.4) is 0 Å². The van der Waals surface area contributed by atoms with Crippen LogP contribution in [0, 0.1) is 0 Å².